The third-order valence-corrected chi connectivity index (χ3v) is 10.0. The molecule has 2 atom stereocenters. The van der Waals surface area contributed by atoms with E-state index in [1.807, 2.05) is 45.0 Å². The standard InChI is InChI=1S/C38H41N5O5S/c1-7-49(47,48)32-19-14-28(15-20-32)35(40-26(6)44)38(46)41-31-17-12-29(13-18-31)36-42-33-22-30(37(45)39-23(2)3)16-21-34(33)43(36)25(5)27-10-8-24(4)9-11-27/h8-23,25,35H,7H2,1-6H3,(H,39,45)(H,40,44)(H,41,46)/t25-,35?/m1/s1. The number of hydrogen-bond acceptors (Lipinski definition) is 6. The molecule has 1 aromatic heterocycles. The van der Waals surface area contributed by atoms with Gasteiger partial charge in [-0.3, -0.25) is 14.4 Å². The van der Waals surface area contributed by atoms with E-state index in [0.29, 0.717) is 28.2 Å². The summed E-state index contributed by atoms with van der Waals surface area (Å²) in [6, 6.07) is 25.9. The third kappa shape index (κ3) is 7.89. The Morgan fingerprint density at radius 2 is 1.45 bits per heavy atom. The summed E-state index contributed by atoms with van der Waals surface area (Å²) in [6.45, 7) is 10.9. The molecule has 0 aliphatic heterocycles. The van der Waals surface area contributed by atoms with E-state index >= 15 is 0 Å². The Kier molecular flexibility index (Phi) is 10.3. The van der Waals surface area contributed by atoms with E-state index in [1.165, 1.54) is 31.2 Å². The van der Waals surface area contributed by atoms with Gasteiger partial charge in [-0.25, -0.2) is 13.4 Å². The maximum Gasteiger partial charge on any atom is 0.251 e. The fourth-order valence-electron chi connectivity index (χ4n) is 5.63. The highest BCUT2D eigenvalue weighted by atomic mass is 32.2. The van der Waals surface area contributed by atoms with Crippen molar-refractivity contribution in [2.75, 3.05) is 11.1 Å². The molecule has 0 radical (unpaired) electrons. The van der Waals surface area contributed by atoms with Crippen LogP contribution in [0.15, 0.2) is 95.9 Å². The second kappa shape index (κ2) is 14.4. The number of aryl methyl sites for hydroxylation is 1. The van der Waals surface area contributed by atoms with E-state index in [-0.39, 0.29) is 28.6 Å². The first kappa shape index (κ1) is 35.0. The summed E-state index contributed by atoms with van der Waals surface area (Å²) in [5.41, 5.74) is 6.07. The number of imidazole rings is 1. The molecule has 5 rings (SSSR count). The fourth-order valence-corrected chi connectivity index (χ4v) is 6.51. The number of anilines is 1. The van der Waals surface area contributed by atoms with Crippen LogP contribution >= 0.6 is 0 Å². The molecule has 254 valence electrons. The number of carbonyl (C=O) groups is 3. The molecule has 1 heterocycles. The van der Waals surface area contributed by atoms with Crippen molar-refractivity contribution in [3.63, 3.8) is 0 Å². The van der Waals surface area contributed by atoms with Gasteiger partial charge in [-0.05, 0) is 93.4 Å². The van der Waals surface area contributed by atoms with E-state index in [0.717, 1.165) is 22.2 Å². The number of hydrogen-bond donors (Lipinski definition) is 3. The number of carbonyl (C=O) groups excluding carboxylic acids is 3. The number of sulfone groups is 1. The SMILES string of the molecule is CCS(=O)(=O)c1ccc(C(NC(C)=O)C(=O)Nc2ccc(-c3nc4cc(C(=O)NC(C)C)ccc4n3[C@H](C)c3ccc(C)cc3)cc2)cc1. The summed E-state index contributed by atoms with van der Waals surface area (Å²) in [5, 5.41) is 8.46. The maximum absolute atomic E-state index is 13.4. The van der Waals surface area contributed by atoms with Crippen molar-refractivity contribution in [1.82, 2.24) is 20.2 Å². The normalized spacial score (nSPS) is 12.8. The van der Waals surface area contributed by atoms with Crippen LogP contribution in [0.25, 0.3) is 22.4 Å². The van der Waals surface area contributed by atoms with Gasteiger partial charge in [-0.1, -0.05) is 48.9 Å². The summed E-state index contributed by atoms with van der Waals surface area (Å²) in [5.74, 6) is -0.413. The second-order valence-electron chi connectivity index (χ2n) is 12.4. The molecule has 0 aliphatic carbocycles. The lowest BCUT2D eigenvalue weighted by Crippen LogP contribution is -2.35. The fraction of sp³-hybridized carbons (Fsp3) is 0.263. The summed E-state index contributed by atoms with van der Waals surface area (Å²) in [4.78, 5) is 43.4. The van der Waals surface area contributed by atoms with E-state index < -0.39 is 27.7 Å². The first-order valence-corrected chi connectivity index (χ1v) is 17.8. The van der Waals surface area contributed by atoms with E-state index in [9.17, 15) is 22.8 Å². The molecule has 1 unspecified atom stereocenters. The highest BCUT2D eigenvalue weighted by Gasteiger charge is 2.24. The van der Waals surface area contributed by atoms with E-state index in [1.54, 1.807) is 25.1 Å². The van der Waals surface area contributed by atoms with Crippen molar-refractivity contribution >= 4 is 44.3 Å². The zero-order chi connectivity index (χ0) is 35.5. The van der Waals surface area contributed by atoms with Crippen molar-refractivity contribution in [1.29, 1.82) is 0 Å². The molecule has 0 fully saturated rings. The van der Waals surface area contributed by atoms with Crippen molar-refractivity contribution in [3.05, 3.63) is 113 Å². The minimum absolute atomic E-state index is 0.00411. The smallest absolute Gasteiger partial charge is 0.251 e. The lowest BCUT2D eigenvalue weighted by atomic mass is 10.0. The van der Waals surface area contributed by atoms with Crippen molar-refractivity contribution in [2.45, 2.75) is 64.6 Å². The predicted molar refractivity (Wildman–Crippen MR) is 192 cm³/mol. The van der Waals surface area contributed by atoms with Crippen LogP contribution in [0.1, 0.15) is 73.8 Å². The molecule has 3 N–H and O–H groups in total. The van der Waals surface area contributed by atoms with Gasteiger partial charge in [0.25, 0.3) is 11.8 Å². The Morgan fingerprint density at radius 1 is 0.816 bits per heavy atom. The van der Waals surface area contributed by atoms with Gasteiger partial charge in [-0.2, -0.15) is 0 Å². The van der Waals surface area contributed by atoms with Crippen LogP contribution in [0.3, 0.4) is 0 Å². The van der Waals surface area contributed by atoms with E-state index in [4.69, 9.17) is 4.98 Å². The van der Waals surface area contributed by atoms with Gasteiger partial charge < -0.3 is 20.5 Å². The van der Waals surface area contributed by atoms with Gasteiger partial charge in [0.05, 0.1) is 27.7 Å². The highest BCUT2D eigenvalue weighted by molar-refractivity contribution is 7.91. The molecule has 0 saturated heterocycles. The van der Waals surface area contributed by atoms with Crippen molar-refractivity contribution in [3.8, 4) is 11.4 Å². The number of fused-ring (bicyclic) bond motifs is 1. The Bertz CT molecular complexity index is 2100. The molecule has 0 bridgehead atoms. The number of nitrogens with one attached hydrogen (secondary N) is 3. The molecule has 5 aromatic rings. The molecule has 0 aliphatic rings. The van der Waals surface area contributed by atoms with Gasteiger partial charge in [0.1, 0.15) is 11.9 Å². The largest absolute Gasteiger partial charge is 0.350 e. The van der Waals surface area contributed by atoms with Gasteiger partial charge in [0.2, 0.25) is 5.91 Å². The first-order valence-electron chi connectivity index (χ1n) is 16.2. The quantitative estimate of drug-likeness (QED) is 0.148. The summed E-state index contributed by atoms with van der Waals surface area (Å²) >= 11 is 0. The summed E-state index contributed by atoms with van der Waals surface area (Å²) in [7, 11) is -3.42. The molecule has 3 amide bonds. The molecule has 0 spiro atoms. The Morgan fingerprint density at radius 3 is 2.04 bits per heavy atom. The number of benzene rings is 4. The lowest BCUT2D eigenvalue weighted by molar-refractivity contribution is -0.125. The van der Waals surface area contributed by atoms with Crippen LogP contribution in [0.2, 0.25) is 0 Å². The Balaban J connectivity index is 1.47. The number of nitrogens with zero attached hydrogens (tertiary/aromatic N) is 2. The van der Waals surface area contributed by atoms with Crippen LogP contribution in [0, 0.1) is 6.92 Å². The summed E-state index contributed by atoms with van der Waals surface area (Å²) in [6.07, 6.45) is 0. The van der Waals surface area contributed by atoms with Gasteiger partial charge >= 0.3 is 0 Å². The Labute approximate surface area is 286 Å². The lowest BCUT2D eigenvalue weighted by Gasteiger charge is -2.20. The van der Waals surface area contributed by atoms with Crippen LogP contribution in [-0.4, -0.2) is 47.5 Å². The topological polar surface area (TPSA) is 139 Å². The van der Waals surface area contributed by atoms with E-state index in [2.05, 4.69) is 51.7 Å². The second-order valence-corrected chi connectivity index (χ2v) is 14.7. The molecule has 0 saturated carbocycles. The van der Waals surface area contributed by atoms with Crippen LogP contribution in [-0.2, 0) is 19.4 Å². The minimum Gasteiger partial charge on any atom is -0.350 e. The average Bonchev–Trinajstić information content (AvgIpc) is 3.46. The van der Waals surface area contributed by atoms with Gasteiger partial charge in [-0.15, -0.1) is 0 Å². The average molecular weight is 680 g/mol. The number of amides is 3. The third-order valence-electron chi connectivity index (χ3n) is 8.29. The zero-order valence-electron chi connectivity index (χ0n) is 28.4. The molecule has 10 nitrogen and oxygen atoms in total. The van der Waals surface area contributed by atoms with Gasteiger partial charge in [0, 0.05) is 29.8 Å². The summed E-state index contributed by atoms with van der Waals surface area (Å²) < 4.78 is 26.7. The molecule has 11 heteroatoms. The minimum atomic E-state index is -3.42. The van der Waals surface area contributed by atoms with Gasteiger partial charge in [0.15, 0.2) is 9.84 Å². The molecule has 49 heavy (non-hydrogen) atoms. The monoisotopic (exact) mass is 679 g/mol. The Hall–Kier alpha value is -5.29. The van der Waals surface area contributed by atoms with Crippen molar-refractivity contribution < 1.29 is 22.8 Å². The van der Waals surface area contributed by atoms with Crippen LogP contribution < -0.4 is 16.0 Å². The van der Waals surface area contributed by atoms with Crippen LogP contribution in [0.4, 0.5) is 5.69 Å². The van der Waals surface area contributed by atoms with Crippen LogP contribution in [0.5, 0.6) is 0 Å². The molecular formula is C38H41N5O5S. The highest BCUT2D eigenvalue weighted by Crippen LogP contribution is 2.33. The number of aromatic nitrogens is 2. The molecular weight excluding hydrogens is 639 g/mol. The zero-order valence-corrected chi connectivity index (χ0v) is 29.3. The molecule has 4 aromatic carbocycles. The van der Waals surface area contributed by atoms with Crippen molar-refractivity contribution in [2.24, 2.45) is 0 Å². The maximum atomic E-state index is 13.4. The number of rotatable bonds is 11. The predicted octanol–water partition coefficient (Wildman–Crippen LogP) is 6.37. The first-order chi connectivity index (χ1) is 23.3.